The molecule has 0 fully saturated rings. The summed E-state index contributed by atoms with van der Waals surface area (Å²) in [6, 6.07) is 8.33. The van der Waals surface area contributed by atoms with Crippen molar-refractivity contribution in [2.45, 2.75) is 39.5 Å². The third kappa shape index (κ3) is 2.76. The quantitative estimate of drug-likeness (QED) is 0.719. The van der Waals surface area contributed by atoms with E-state index in [1.807, 2.05) is 12.1 Å². The molecule has 1 unspecified atom stereocenters. The van der Waals surface area contributed by atoms with E-state index in [-0.39, 0.29) is 0 Å². The van der Waals surface area contributed by atoms with Gasteiger partial charge in [0.05, 0.1) is 0 Å². The summed E-state index contributed by atoms with van der Waals surface area (Å²) in [5.41, 5.74) is 7.96. The maximum atomic E-state index is 5.68. The fraction of sp³-hybridized carbons (Fsp3) is 0.538. The van der Waals surface area contributed by atoms with Crippen molar-refractivity contribution in [2.75, 3.05) is 5.73 Å². The zero-order chi connectivity index (χ0) is 10.6. The highest BCUT2D eigenvalue weighted by Crippen LogP contribution is 2.29. The summed E-state index contributed by atoms with van der Waals surface area (Å²) in [6.45, 7) is 6.82. The Hall–Kier alpha value is -0.980. The van der Waals surface area contributed by atoms with Gasteiger partial charge in [-0.15, -0.1) is 0 Å². The van der Waals surface area contributed by atoms with Crippen LogP contribution >= 0.6 is 0 Å². The van der Waals surface area contributed by atoms with Crippen molar-refractivity contribution < 1.29 is 0 Å². The van der Waals surface area contributed by atoms with Gasteiger partial charge in [0.15, 0.2) is 0 Å². The van der Waals surface area contributed by atoms with Crippen LogP contribution in [-0.4, -0.2) is 0 Å². The molecule has 1 aromatic rings. The number of hydrogen-bond acceptors (Lipinski definition) is 1. The fourth-order valence-electron chi connectivity index (χ4n) is 1.94. The van der Waals surface area contributed by atoms with Crippen LogP contribution in [0.1, 0.15) is 45.1 Å². The lowest BCUT2D eigenvalue weighted by molar-refractivity contribution is 0.463. The van der Waals surface area contributed by atoms with Crippen molar-refractivity contribution in [3.63, 3.8) is 0 Å². The third-order valence-corrected chi connectivity index (χ3v) is 2.77. The van der Waals surface area contributed by atoms with E-state index in [0.29, 0.717) is 11.8 Å². The number of nitrogens with two attached hydrogens (primary N) is 1. The first-order chi connectivity index (χ1) is 6.65. The average Bonchev–Trinajstić information content (AvgIpc) is 2.15. The van der Waals surface area contributed by atoms with Crippen molar-refractivity contribution in [1.82, 2.24) is 0 Å². The minimum atomic E-state index is 0.681. The first-order valence-electron chi connectivity index (χ1n) is 5.50. The Labute approximate surface area is 87.3 Å². The van der Waals surface area contributed by atoms with E-state index < -0.39 is 0 Å². The molecule has 0 heterocycles. The molecule has 78 valence electrons. The monoisotopic (exact) mass is 191 g/mol. The molecule has 14 heavy (non-hydrogen) atoms. The molecule has 0 aliphatic carbocycles. The lowest BCUT2D eigenvalue weighted by Gasteiger charge is -2.20. The van der Waals surface area contributed by atoms with E-state index in [1.165, 1.54) is 18.4 Å². The largest absolute Gasteiger partial charge is 0.399 e. The summed E-state index contributed by atoms with van der Waals surface area (Å²) >= 11 is 0. The standard InChI is InChI=1S/C13H21N/c1-4-5-13(10(2)3)11-6-8-12(14)9-7-11/h6-10,13H,4-5,14H2,1-3H3. The van der Waals surface area contributed by atoms with Crippen molar-refractivity contribution in [3.8, 4) is 0 Å². The molecule has 1 nitrogen and oxygen atoms in total. The molecule has 0 amide bonds. The van der Waals surface area contributed by atoms with Gasteiger partial charge in [-0.3, -0.25) is 0 Å². The second-order valence-corrected chi connectivity index (χ2v) is 4.31. The maximum absolute atomic E-state index is 5.68. The van der Waals surface area contributed by atoms with Gasteiger partial charge in [0.1, 0.15) is 0 Å². The van der Waals surface area contributed by atoms with E-state index in [0.717, 1.165) is 5.69 Å². The molecule has 0 bridgehead atoms. The van der Waals surface area contributed by atoms with Gasteiger partial charge in [-0.05, 0) is 36.0 Å². The van der Waals surface area contributed by atoms with Gasteiger partial charge in [0.25, 0.3) is 0 Å². The summed E-state index contributed by atoms with van der Waals surface area (Å²) in [6.07, 6.45) is 2.51. The number of anilines is 1. The smallest absolute Gasteiger partial charge is 0.0314 e. The molecular weight excluding hydrogens is 170 g/mol. The molecular formula is C13H21N. The Morgan fingerprint density at radius 1 is 1.14 bits per heavy atom. The van der Waals surface area contributed by atoms with Crippen LogP contribution in [0.2, 0.25) is 0 Å². The lowest BCUT2D eigenvalue weighted by atomic mass is 9.85. The highest BCUT2D eigenvalue weighted by atomic mass is 14.5. The van der Waals surface area contributed by atoms with Crippen molar-refractivity contribution in [3.05, 3.63) is 29.8 Å². The zero-order valence-electron chi connectivity index (χ0n) is 9.46. The fourth-order valence-corrected chi connectivity index (χ4v) is 1.94. The molecule has 1 heteroatoms. The van der Waals surface area contributed by atoms with E-state index >= 15 is 0 Å². The Bertz CT molecular complexity index is 261. The SMILES string of the molecule is CCCC(c1ccc(N)cc1)C(C)C. The van der Waals surface area contributed by atoms with Crippen LogP contribution in [0.4, 0.5) is 5.69 Å². The Morgan fingerprint density at radius 3 is 2.14 bits per heavy atom. The molecule has 0 radical (unpaired) electrons. The molecule has 1 aromatic carbocycles. The van der Waals surface area contributed by atoms with Gasteiger partial charge in [-0.25, -0.2) is 0 Å². The Morgan fingerprint density at radius 2 is 1.71 bits per heavy atom. The number of hydrogen-bond donors (Lipinski definition) is 1. The third-order valence-electron chi connectivity index (χ3n) is 2.77. The van der Waals surface area contributed by atoms with Crippen LogP contribution in [0, 0.1) is 5.92 Å². The molecule has 0 aromatic heterocycles. The van der Waals surface area contributed by atoms with E-state index in [1.54, 1.807) is 0 Å². The average molecular weight is 191 g/mol. The molecule has 1 atom stereocenters. The Balaban J connectivity index is 2.82. The minimum absolute atomic E-state index is 0.681. The van der Waals surface area contributed by atoms with Gasteiger partial charge in [-0.2, -0.15) is 0 Å². The summed E-state index contributed by atoms with van der Waals surface area (Å²) in [4.78, 5) is 0. The van der Waals surface area contributed by atoms with E-state index in [4.69, 9.17) is 5.73 Å². The number of nitrogen functional groups attached to an aromatic ring is 1. The number of benzene rings is 1. The number of rotatable bonds is 4. The van der Waals surface area contributed by atoms with Gasteiger partial charge in [0, 0.05) is 5.69 Å². The molecule has 0 saturated heterocycles. The maximum Gasteiger partial charge on any atom is 0.0314 e. The van der Waals surface area contributed by atoms with E-state index in [9.17, 15) is 0 Å². The highest BCUT2D eigenvalue weighted by molar-refractivity contribution is 5.40. The van der Waals surface area contributed by atoms with Gasteiger partial charge in [0.2, 0.25) is 0 Å². The van der Waals surface area contributed by atoms with Crippen LogP contribution in [-0.2, 0) is 0 Å². The van der Waals surface area contributed by atoms with Crippen LogP contribution in [0.15, 0.2) is 24.3 Å². The van der Waals surface area contributed by atoms with Crippen LogP contribution in [0.25, 0.3) is 0 Å². The minimum Gasteiger partial charge on any atom is -0.399 e. The Kier molecular flexibility index (Phi) is 3.99. The summed E-state index contributed by atoms with van der Waals surface area (Å²) in [5.74, 6) is 1.39. The molecule has 0 aliphatic heterocycles. The van der Waals surface area contributed by atoms with Gasteiger partial charge >= 0.3 is 0 Å². The second kappa shape index (κ2) is 5.04. The van der Waals surface area contributed by atoms with Crippen molar-refractivity contribution in [1.29, 1.82) is 0 Å². The molecule has 2 N–H and O–H groups in total. The second-order valence-electron chi connectivity index (χ2n) is 4.31. The van der Waals surface area contributed by atoms with Crippen LogP contribution < -0.4 is 5.73 Å². The summed E-state index contributed by atoms with van der Waals surface area (Å²) in [5, 5.41) is 0. The highest BCUT2D eigenvalue weighted by Gasteiger charge is 2.14. The normalized spacial score (nSPS) is 13.1. The topological polar surface area (TPSA) is 26.0 Å². The predicted molar refractivity (Wildman–Crippen MR) is 63.3 cm³/mol. The van der Waals surface area contributed by atoms with E-state index in [2.05, 4.69) is 32.9 Å². The summed E-state index contributed by atoms with van der Waals surface area (Å²) in [7, 11) is 0. The lowest BCUT2D eigenvalue weighted by Crippen LogP contribution is -2.06. The predicted octanol–water partition coefficient (Wildman–Crippen LogP) is 3.81. The van der Waals surface area contributed by atoms with Gasteiger partial charge < -0.3 is 5.73 Å². The van der Waals surface area contributed by atoms with Gasteiger partial charge in [-0.1, -0.05) is 39.3 Å². The molecule has 1 rings (SSSR count). The first kappa shape index (κ1) is 11.1. The first-order valence-corrected chi connectivity index (χ1v) is 5.50. The zero-order valence-corrected chi connectivity index (χ0v) is 9.46. The molecule has 0 aliphatic rings. The molecule has 0 spiro atoms. The van der Waals surface area contributed by atoms with Crippen LogP contribution in [0.5, 0.6) is 0 Å². The molecule has 0 saturated carbocycles. The van der Waals surface area contributed by atoms with Crippen molar-refractivity contribution >= 4 is 5.69 Å². The van der Waals surface area contributed by atoms with Crippen LogP contribution in [0.3, 0.4) is 0 Å². The van der Waals surface area contributed by atoms with Crippen molar-refractivity contribution in [2.24, 2.45) is 5.92 Å². The summed E-state index contributed by atoms with van der Waals surface area (Å²) < 4.78 is 0.